The van der Waals surface area contributed by atoms with Gasteiger partial charge in [-0.1, -0.05) is 117 Å². The number of benzene rings is 6. The Balaban J connectivity index is 1.20. The van der Waals surface area contributed by atoms with Crippen molar-refractivity contribution in [1.29, 1.82) is 0 Å². The van der Waals surface area contributed by atoms with Gasteiger partial charge in [0.15, 0.2) is 5.82 Å². The molecule has 222 valence electrons. The predicted molar refractivity (Wildman–Crippen MR) is 198 cm³/mol. The highest BCUT2D eigenvalue weighted by Gasteiger charge is 2.37. The van der Waals surface area contributed by atoms with Crippen LogP contribution in [0.15, 0.2) is 140 Å². The average molecular weight is 620 g/mol. The van der Waals surface area contributed by atoms with E-state index in [1.54, 1.807) is 11.3 Å². The van der Waals surface area contributed by atoms with E-state index in [0.29, 0.717) is 0 Å². The molecular weight excluding hydrogens is 591 g/mol. The quantitative estimate of drug-likeness (QED) is 0.197. The van der Waals surface area contributed by atoms with Crippen molar-refractivity contribution in [3.63, 3.8) is 0 Å². The van der Waals surface area contributed by atoms with Crippen molar-refractivity contribution in [2.75, 3.05) is 0 Å². The Morgan fingerprint density at radius 3 is 2.15 bits per heavy atom. The van der Waals surface area contributed by atoms with E-state index in [1.165, 1.54) is 54.1 Å². The highest BCUT2D eigenvalue weighted by atomic mass is 32.1. The van der Waals surface area contributed by atoms with Crippen molar-refractivity contribution in [3.8, 4) is 39.5 Å². The van der Waals surface area contributed by atoms with Gasteiger partial charge in [0.05, 0.1) is 26.9 Å². The van der Waals surface area contributed by atoms with Gasteiger partial charge in [0.2, 0.25) is 0 Å². The minimum atomic E-state index is -0.0659. The van der Waals surface area contributed by atoms with Gasteiger partial charge >= 0.3 is 0 Å². The second-order valence-electron chi connectivity index (χ2n) is 13.0. The smallest absolute Gasteiger partial charge is 0.160 e. The minimum Gasteiger partial charge on any atom is -0.309 e. The summed E-state index contributed by atoms with van der Waals surface area (Å²) in [5.74, 6) is 0.741. The molecule has 4 heteroatoms. The van der Waals surface area contributed by atoms with Gasteiger partial charge in [-0.15, -0.1) is 11.3 Å². The molecule has 0 aliphatic heterocycles. The second kappa shape index (κ2) is 9.71. The maximum atomic E-state index is 5.21. The molecule has 10 rings (SSSR count). The summed E-state index contributed by atoms with van der Waals surface area (Å²) in [4.78, 5) is 10.4. The maximum Gasteiger partial charge on any atom is 0.160 e. The molecule has 1 aliphatic rings. The Bertz CT molecular complexity index is 2700. The third kappa shape index (κ3) is 3.73. The SMILES string of the molecule is CC1(C)c2ccccc2-c2c1ccc1c3ccccc3n(-c3ccc(-c4nc(-c5ccccc5)c5sc6ccccc6c5n4)cc3)c21. The topological polar surface area (TPSA) is 30.7 Å². The fraction of sp³-hybridized carbons (Fsp3) is 0.0698. The summed E-state index contributed by atoms with van der Waals surface area (Å²) in [5.41, 5.74) is 13.1. The van der Waals surface area contributed by atoms with E-state index in [4.69, 9.17) is 9.97 Å². The molecule has 0 atom stereocenters. The molecule has 0 saturated carbocycles. The summed E-state index contributed by atoms with van der Waals surface area (Å²) in [6, 6.07) is 50.2. The van der Waals surface area contributed by atoms with Crippen LogP contribution in [-0.2, 0) is 5.41 Å². The summed E-state index contributed by atoms with van der Waals surface area (Å²) < 4.78 is 4.81. The monoisotopic (exact) mass is 619 g/mol. The van der Waals surface area contributed by atoms with Gasteiger partial charge in [-0.3, -0.25) is 0 Å². The first-order chi connectivity index (χ1) is 23.1. The van der Waals surface area contributed by atoms with Crippen molar-refractivity contribution >= 4 is 53.4 Å². The number of hydrogen-bond acceptors (Lipinski definition) is 3. The fourth-order valence-electron chi connectivity index (χ4n) is 7.78. The molecule has 3 nitrogen and oxygen atoms in total. The van der Waals surface area contributed by atoms with Gasteiger partial charge in [0, 0.05) is 48.7 Å². The lowest BCUT2D eigenvalue weighted by molar-refractivity contribution is 0.661. The summed E-state index contributed by atoms with van der Waals surface area (Å²) in [6.45, 7) is 4.70. The van der Waals surface area contributed by atoms with Crippen LogP contribution < -0.4 is 0 Å². The highest BCUT2D eigenvalue weighted by Crippen LogP contribution is 2.52. The molecule has 3 aromatic heterocycles. The summed E-state index contributed by atoms with van der Waals surface area (Å²) in [6.07, 6.45) is 0. The fourth-order valence-corrected chi connectivity index (χ4v) is 8.94. The van der Waals surface area contributed by atoms with E-state index >= 15 is 0 Å². The normalized spacial score (nSPS) is 13.5. The van der Waals surface area contributed by atoms with E-state index in [0.717, 1.165) is 38.5 Å². The molecule has 3 heterocycles. The lowest BCUT2D eigenvalue weighted by Gasteiger charge is -2.21. The second-order valence-corrected chi connectivity index (χ2v) is 14.0. The molecule has 0 bridgehead atoms. The molecule has 0 spiro atoms. The van der Waals surface area contributed by atoms with Gasteiger partial charge in [0.1, 0.15) is 0 Å². The van der Waals surface area contributed by atoms with Gasteiger partial charge in [-0.05, 0) is 53.1 Å². The van der Waals surface area contributed by atoms with Crippen LogP contribution in [0.3, 0.4) is 0 Å². The molecule has 0 amide bonds. The number of thiophene rings is 1. The number of nitrogens with zero attached hydrogens (tertiary/aromatic N) is 3. The largest absolute Gasteiger partial charge is 0.309 e. The van der Waals surface area contributed by atoms with Crippen LogP contribution in [-0.4, -0.2) is 14.5 Å². The van der Waals surface area contributed by atoms with Crippen molar-refractivity contribution < 1.29 is 0 Å². The molecule has 9 aromatic rings. The Morgan fingerprint density at radius 1 is 0.574 bits per heavy atom. The van der Waals surface area contributed by atoms with Gasteiger partial charge < -0.3 is 4.57 Å². The van der Waals surface area contributed by atoms with Crippen molar-refractivity contribution in [2.45, 2.75) is 19.3 Å². The summed E-state index contributed by atoms with van der Waals surface area (Å²) in [5, 5.41) is 3.72. The Kier molecular flexibility index (Phi) is 5.50. The third-order valence-corrected chi connectivity index (χ3v) is 11.2. The zero-order chi connectivity index (χ0) is 31.3. The molecule has 0 radical (unpaired) electrons. The van der Waals surface area contributed by atoms with E-state index in [9.17, 15) is 0 Å². The Labute approximate surface area is 276 Å². The van der Waals surface area contributed by atoms with Crippen molar-refractivity contribution in [3.05, 3.63) is 151 Å². The Hall–Kier alpha value is -5.58. The van der Waals surface area contributed by atoms with Gasteiger partial charge in [0.25, 0.3) is 0 Å². The summed E-state index contributed by atoms with van der Waals surface area (Å²) >= 11 is 1.77. The molecular formula is C43H29N3S. The first-order valence-electron chi connectivity index (χ1n) is 16.1. The minimum absolute atomic E-state index is 0.0659. The number of rotatable bonds is 3. The molecule has 1 aliphatic carbocycles. The van der Waals surface area contributed by atoms with E-state index in [-0.39, 0.29) is 5.41 Å². The zero-order valence-electron chi connectivity index (χ0n) is 26.0. The lowest BCUT2D eigenvalue weighted by Crippen LogP contribution is -2.14. The van der Waals surface area contributed by atoms with E-state index in [2.05, 4.69) is 158 Å². The van der Waals surface area contributed by atoms with Crippen LogP contribution in [0.1, 0.15) is 25.0 Å². The number of fused-ring (bicyclic) bond motifs is 10. The molecule has 47 heavy (non-hydrogen) atoms. The first kappa shape index (κ1) is 26.6. The van der Waals surface area contributed by atoms with Crippen LogP contribution in [0, 0.1) is 0 Å². The van der Waals surface area contributed by atoms with Crippen molar-refractivity contribution in [1.82, 2.24) is 14.5 Å². The van der Waals surface area contributed by atoms with E-state index < -0.39 is 0 Å². The number of aromatic nitrogens is 3. The predicted octanol–water partition coefficient (Wildman–Crippen LogP) is 11.6. The van der Waals surface area contributed by atoms with E-state index in [1.807, 2.05) is 0 Å². The summed E-state index contributed by atoms with van der Waals surface area (Å²) in [7, 11) is 0. The zero-order valence-corrected chi connectivity index (χ0v) is 26.8. The Morgan fingerprint density at radius 2 is 1.30 bits per heavy atom. The van der Waals surface area contributed by atoms with Crippen LogP contribution >= 0.6 is 11.3 Å². The molecule has 0 saturated heterocycles. The number of para-hydroxylation sites is 1. The third-order valence-electron chi connectivity index (χ3n) is 10.0. The molecule has 0 unspecified atom stereocenters. The standard InChI is InChI=1S/C43H29N3S/c1-43(2)33-17-9-6-15-31(33)37-34(43)25-24-30-29-14-7-10-18-35(29)46(40(30)37)28-22-20-27(21-23-28)42-44-38(26-12-4-3-5-13-26)41-39(45-42)32-16-8-11-19-36(32)47-41/h3-25H,1-2H3. The average Bonchev–Trinajstić information content (AvgIpc) is 3.74. The maximum absolute atomic E-state index is 5.21. The number of hydrogen-bond donors (Lipinski definition) is 0. The van der Waals surface area contributed by atoms with Gasteiger partial charge in [-0.2, -0.15) is 0 Å². The van der Waals surface area contributed by atoms with Crippen molar-refractivity contribution in [2.24, 2.45) is 0 Å². The molecule has 0 N–H and O–H groups in total. The highest BCUT2D eigenvalue weighted by molar-refractivity contribution is 7.26. The first-order valence-corrected chi connectivity index (χ1v) is 16.9. The molecule has 0 fully saturated rings. The lowest BCUT2D eigenvalue weighted by atomic mass is 9.82. The van der Waals surface area contributed by atoms with Crippen LogP contribution in [0.25, 0.3) is 81.6 Å². The van der Waals surface area contributed by atoms with Crippen LogP contribution in [0.2, 0.25) is 0 Å². The van der Waals surface area contributed by atoms with Gasteiger partial charge in [-0.25, -0.2) is 9.97 Å². The molecule has 6 aromatic carbocycles. The van der Waals surface area contributed by atoms with Crippen LogP contribution in [0.5, 0.6) is 0 Å². The van der Waals surface area contributed by atoms with Crippen LogP contribution in [0.4, 0.5) is 0 Å².